The molecule has 21 heavy (non-hydrogen) atoms. The van der Waals surface area contributed by atoms with Crippen LogP contribution < -0.4 is 5.73 Å². The maximum absolute atomic E-state index is 12.3. The van der Waals surface area contributed by atoms with Crippen molar-refractivity contribution < 1.29 is 9.53 Å². The summed E-state index contributed by atoms with van der Waals surface area (Å²) in [5.74, 6) is -0.310. The van der Waals surface area contributed by atoms with Crippen molar-refractivity contribution in [3.63, 3.8) is 0 Å². The third-order valence-corrected chi connectivity index (χ3v) is 3.69. The molecule has 0 aliphatic heterocycles. The average Bonchev–Trinajstić information content (AvgIpc) is 3.08. The van der Waals surface area contributed by atoms with Crippen LogP contribution >= 0.6 is 0 Å². The Kier molecular flexibility index (Phi) is 3.74. The first kappa shape index (κ1) is 13.8. The highest BCUT2D eigenvalue weighted by atomic mass is 16.5. The van der Waals surface area contributed by atoms with E-state index in [4.69, 9.17) is 10.5 Å². The number of esters is 1. The lowest BCUT2D eigenvalue weighted by molar-refractivity contribution is 0.0510. The Hall–Kier alpha value is -2.15. The molecule has 112 valence electrons. The highest BCUT2D eigenvalue weighted by Gasteiger charge is 2.29. The molecule has 0 saturated carbocycles. The normalized spacial score (nSPS) is 12.9. The van der Waals surface area contributed by atoms with Gasteiger partial charge in [0.05, 0.1) is 18.5 Å². The Morgan fingerprint density at radius 3 is 3.14 bits per heavy atom. The van der Waals surface area contributed by atoms with E-state index in [0.29, 0.717) is 25.4 Å². The predicted molar refractivity (Wildman–Crippen MR) is 76.8 cm³/mol. The van der Waals surface area contributed by atoms with E-state index in [9.17, 15) is 4.79 Å². The summed E-state index contributed by atoms with van der Waals surface area (Å²) >= 11 is 0. The fraction of sp³-hybridized carbons (Fsp3) is 0.500. The van der Waals surface area contributed by atoms with Crippen molar-refractivity contribution in [2.45, 2.75) is 32.7 Å². The summed E-state index contributed by atoms with van der Waals surface area (Å²) in [6.45, 7) is 3.33. The van der Waals surface area contributed by atoms with Crippen LogP contribution in [0.15, 0.2) is 6.20 Å². The van der Waals surface area contributed by atoms with Crippen molar-refractivity contribution in [1.82, 2.24) is 20.0 Å². The molecule has 7 nitrogen and oxygen atoms in total. The SMILES string of the molecule is CCOC(=O)c1c2c(nn1CCCN)-c1cn[nH]c1CC2. The summed E-state index contributed by atoms with van der Waals surface area (Å²) in [4.78, 5) is 12.3. The molecule has 3 rings (SSSR count). The standard InChI is InChI=1S/C14H19N5O2/c1-2-21-14(20)13-9-4-5-11-10(8-16-17-11)12(9)18-19(13)7-3-6-15/h8H,2-7,15H2,1H3,(H,16,17). The maximum Gasteiger partial charge on any atom is 0.356 e. The van der Waals surface area contributed by atoms with Crippen LogP contribution in [0.25, 0.3) is 11.3 Å². The quantitative estimate of drug-likeness (QED) is 0.797. The smallest absolute Gasteiger partial charge is 0.356 e. The summed E-state index contributed by atoms with van der Waals surface area (Å²) in [7, 11) is 0. The number of H-pyrrole nitrogens is 1. The number of carbonyl (C=O) groups excluding carboxylic acids is 1. The molecule has 2 heterocycles. The monoisotopic (exact) mass is 289 g/mol. The summed E-state index contributed by atoms with van der Waals surface area (Å²) in [5, 5.41) is 11.7. The molecule has 0 radical (unpaired) electrons. The molecule has 2 aromatic rings. The highest BCUT2D eigenvalue weighted by Crippen LogP contribution is 2.33. The van der Waals surface area contributed by atoms with Gasteiger partial charge >= 0.3 is 5.97 Å². The number of nitrogens with two attached hydrogens (primary N) is 1. The minimum Gasteiger partial charge on any atom is -0.461 e. The zero-order chi connectivity index (χ0) is 14.8. The topological polar surface area (TPSA) is 98.8 Å². The first-order valence-electron chi connectivity index (χ1n) is 7.25. The molecular formula is C14H19N5O2. The zero-order valence-corrected chi connectivity index (χ0v) is 12.1. The highest BCUT2D eigenvalue weighted by molar-refractivity contribution is 5.92. The van der Waals surface area contributed by atoms with E-state index in [-0.39, 0.29) is 5.97 Å². The number of aryl methyl sites for hydroxylation is 2. The van der Waals surface area contributed by atoms with Crippen LogP contribution in [0.3, 0.4) is 0 Å². The first-order chi connectivity index (χ1) is 10.3. The van der Waals surface area contributed by atoms with Crippen molar-refractivity contribution in [2.75, 3.05) is 13.2 Å². The van der Waals surface area contributed by atoms with Gasteiger partial charge < -0.3 is 10.5 Å². The van der Waals surface area contributed by atoms with E-state index in [1.165, 1.54) is 0 Å². The molecule has 0 aromatic carbocycles. The second-order valence-corrected chi connectivity index (χ2v) is 5.02. The maximum atomic E-state index is 12.3. The third-order valence-electron chi connectivity index (χ3n) is 3.69. The van der Waals surface area contributed by atoms with E-state index in [1.54, 1.807) is 17.8 Å². The van der Waals surface area contributed by atoms with Crippen molar-refractivity contribution in [2.24, 2.45) is 5.73 Å². The van der Waals surface area contributed by atoms with Gasteiger partial charge in [0, 0.05) is 23.4 Å². The van der Waals surface area contributed by atoms with Crippen LogP contribution in [0.1, 0.15) is 35.1 Å². The number of hydrogen-bond donors (Lipinski definition) is 2. The molecule has 0 spiro atoms. The fourth-order valence-corrected chi connectivity index (χ4v) is 2.74. The van der Waals surface area contributed by atoms with E-state index in [2.05, 4.69) is 15.3 Å². The second-order valence-electron chi connectivity index (χ2n) is 5.02. The number of carbonyl (C=O) groups is 1. The molecule has 0 fully saturated rings. The molecule has 3 N–H and O–H groups in total. The molecule has 7 heteroatoms. The number of hydrogen-bond acceptors (Lipinski definition) is 5. The van der Waals surface area contributed by atoms with Gasteiger partial charge in [0.25, 0.3) is 0 Å². The largest absolute Gasteiger partial charge is 0.461 e. The number of aromatic nitrogens is 4. The lowest BCUT2D eigenvalue weighted by Gasteiger charge is -2.11. The van der Waals surface area contributed by atoms with Gasteiger partial charge in [-0.2, -0.15) is 10.2 Å². The molecule has 1 aliphatic rings. The summed E-state index contributed by atoms with van der Waals surface area (Å²) < 4.78 is 6.92. The lowest BCUT2D eigenvalue weighted by Crippen LogP contribution is -2.17. The molecular weight excluding hydrogens is 270 g/mol. The van der Waals surface area contributed by atoms with Gasteiger partial charge in [-0.05, 0) is 32.7 Å². The number of nitrogens with one attached hydrogen (secondary N) is 1. The molecule has 0 unspecified atom stereocenters. The predicted octanol–water partition coefficient (Wildman–Crippen LogP) is 0.897. The minimum atomic E-state index is -0.310. The Labute approximate surface area is 122 Å². The third kappa shape index (κ3) is 2.33. The number of rotatable bonds is 5. The van der Waals surface area contributed by atoms with Gasteiger partial charge in [-0.15, -0.1) is 0 Å². The Morgan fingerprint density at radius 2 is 2.38 bits per heavy atom. The van der Waals surface area contributed by atoms with Crippen molar-refractivity contribution in [3.8, 4) is 11.3 Å². The van der Waals surface area contributed by atoms with Gasteiger partial charge in [-0.25, -0.2) is 4.79 Å². The van der Waals surface area contributed by atoms with Crippen LogP contribution in [0.2, 0.25) is 0 Å². The number of ether oxygens (including phenoxy) is 1. The van der Waals surface area contributed by atoms with Gasteiger partial charge in [0.1, 0.15) is 5.69 Å². The molecule has 2 aromatic heterocycles. The van der Waals surface area contributed by atoms with Gasteiger partial charge in [0.15, 0.2) is 0 Å². The summed E-state index contributed by atoms with van der Waals surface area (Å²) in [6.07, 6.45) is 4.13. The molecule has 0 amide bonds. The van der Waals surface area contributed by atoms with Crippen LogP contribution in [0.4, 0.5) is 0 Å². The van der Waals surface area contributed by atoms with E-state index >= 15 is 0 Å². The van der Waals surface area contributed by atoms with Gasteiger partial charge in [-0.3, -0.25) is 9.78 Å². The van der Waals surface area contributed by atoms with E-state index in [1.807, 2.05) is 0 Å². The van der Waals surface area contributed by atoms with Gasteiger partial charge in [-0.1, -0.05) is 0 Å². The minimum absolute atomic E-state index is 0.310. The second kappa shape index (κ2) is 5.69. The van der Waals surface area contributed by atoms with Crippen LogP contribution in [-0.2, 0) is 24.1 Å². The van der Waals surface area contributed by atoms with Crippen LogP contribution in [-0.4, -0.2) is 39.1 Å². The molecule has 0 saturated heterocycles. The Bertz CT molecular complexity index is 658. The van der Waals surface area contributed by atoms with Crippen LogP contribution in [0.5, 0.6) is 0 Å². The zero-order valence-electron chi connectivity index (χ0n) is 12.1. The summed E-state index contributed by atoms with van der Waals surface area (Å²) in [6, 6.07) is 0. The Morgan fingerprint density at radius 1 is 1.52 bits per heavy atom. The number of fused-ring (bicyclic) bond motifs is 3. The van der Waals surface area contributed by atoms with Crippen molar-refractivity contribution >= 4 is 5.97 Å². The van der Waals surface area contributed by atoms with E-state index < -0.39 is 0 Å². The average molecular weight is 289 g/mol. The van der Waals surface area contributed by atoms with Gasteiger partial charge in [0.2, 0.25) is 0 Å². The summed E-state index contributed by atoms with van der Waals surface area (Å²) in [5.41, 5.74) is 9.98. The Balaban J connectivity index is 2.07. The molecule has 0 bridgehead atoms. The van der Waals surface area contributed by atoms with Crippen molar-refractivity contribution in [3.05, 3.63) is 23.1 Å². The lowest BCUT2D eigenvalue weighted by atomic mass is 9.94. The number of aromatic amines is 1. The van der Waals surface area contributed by atoms with Crippen LogP contribution in [0, 0.1) is 0 Å². The van der Waals surface area contributed by atoms with E-state index in [0.717, 1.165) is 41.8 Å². The van der Waals surface area contributed by atoms with Crippen molar-refractivity contribution in [1.29, 1.82) is 0 Å². The molecule has 0 atom stereocenters. The number of nitrogens with zero attached hydrogens (tertiary/aromatic N) is 3. The fourth-order valence-electron chi connectivity index (χ4n) is 2.74. The first-order valence-corrected chi connectivity index (χ1v) is 7.25. The molecule has 1 aliphatic carbocycles.